The van der Waals surface area contributed by atoms with Crippen molar-refractivity contribution in [1.82, 2.24) is 10.3 Å². The van der Waals surface area contributed by atoms with Gasteiger partial charge in [-0.05, 0) is 6.42 Å². The van der Waals surface area contributed by atoms with E-state index in [-0.39, 0.29) is 5.91 Å². The van der Waals surface area contributed by atoms with Crippen molar-refractivity contribution in [3.05, 3.63) is 0 Å². The number of carbonyl (C=O) groups is 1. The molecule has 0 aliphatic heterocycles. The Labute approximate surface area is 71.5 Å². The van der Waals surface area contributed by atoms with Crippen LogP contribution in [-0.4, -0.2) is 5.91 Å². The first-order valence-electron chi connectivity index (χ1n) is 3.70. The molecule has 4 N–H and O–H groups in total. The summed E-state index contributed by atoms with van der Waals surface area (Å²) in [6.45, 7) is 2.10. The van der Waals surface area contributed by atoms with Gasteiger partial charge in [-0.1, -0.05) is 19.8 Å². The fraction of sp³-hybridized carbons (Fsp3) is 0.833. The zero-order valence-corrected chi connectivity index (χ0v) is 7.54. The predicted molar refractivity (Wildman–Crippen MR) is 47.2 cm³/mol. The van der Waals surface area contributed by atoms with Crippen molar-refractivity contribution < 1.29 is 4.79 Å². The first kappa shape index (κ1) is 10.7. The van der Waals surface area contributed by atoms with Crippen molar-refractivity contribution in [3.8, 4) is 0 Å². The Morgan fingerprint density at radius 3 is 2.82 bits per heavy atom. The highest BCUT2D eigenvalue weighted by Gasteiger charge is 1.97. The summed E-state index contributed by atoms with van der Waals surface area (Å²) >= 11 is 0.887. The van der Waals surface area contributed by atoms with Crippen LogP contribution in [0.1, 0.15) is 32.6 Å². The topological polar surface area (TPSA) is 67.2 Å². The summed E-state index contributed by atoms with van der Waals surface area (Å²) < 4.78 is 0. The zero-order chi connectivity index (χ0) is 8.53. The molecule has 1 amide bonds. The van der Waals surface area contributed by atoms with Crippen LogP contribution in [0.4, 0.5) is 0 Å². The molecule has 0 aliphatic rings. The Hall–Kier alpha value is -0.260. The molecule has 0 bridgehead atoms. The molecule has 0 unspecified atom stereocenters. The second-order valence-electron chi connectivity index (χ2n) is 2.23. The lowest BCUT2D eigenvalue weighted by Crippen LogP contribution is -2.33. The van der Waals surface area contributed by atoms with Crippen LogP contribution in [0.15, 0.2) is 0 Å². The fourth-order valence-electron chi connectivity index (χ4n) is 0.684. The number of hydrogen-bond donors (Lipinski definition) is 3. The van der Waals surface area contributed by atoms with E-state index in [1.807, 2.05) is 0 Å². The van der Waals surface area contributed by atoms with Gasteiger partial charge < -0.3 is 0 Å². The van der Waals surface area contributed by atoms with E-state index < -0.39 is 0 Å². The molecule has 0 saturated carbocycles. The highest BCUT2D eigenvalue weighted by Crippen LogP contribution is 1.97. The standard InChI is InChI=1S/C6H15N3OS/c1-2-3-4-5-6(10)8-9-11-7/h9H,2-5,7H2,1H3,(H,8,10). The van der Waals surface area contributed by atoms with Gasteiger partial charge in [-0.2, -0.15) is 4.83 Å². The third kappa shape index (κ3) is 7.64. The quantitative estimate of drug-likeness (QED) is 0.317. The lowest BCUT2D eigenvalue weighted by molar-refractivity contribution is -0.121. The molecule has 0 rings (SSSR count). The fourth-order valence-corrected chi connectivity index (χ4v) is 0.857. The van der Waals surface area contributed by atoms with E-state index in [1.54, 1.807) is 0 Å². The number of hydrogen-bond acceptors (Lipinski definition) is 4. The molecule has 0 radical (unpaired) electrons. The summed E-state index contributed by atoms with van der Waals surface area (Å²) in [5.41, 5.74) is 2.44. The molecular weight excluding hydrogens is 162 g/mol. The third-order valence-corrected chi connectivity index (χ3v) is 1.48. The highest BCUT2D eigenvalue weighted by atomic mass is 32.2. The smallest absolute Gasteiger partial charge is 0.234 e. The Morgan fingerprint density at radius 2 is 2.27 bits per heavy atom. The summed E-state index contributed by atoms with van der Waals surface area (Å²) in [5.74, 6) is -0.00333. The lowest BCUT2D eigenvalue weighted by atomic mass is 10.2. The van der Waals surface area contributed by atoms with E-state index in [2.05, 4.69) is 17.2 Å². The maximum Gasteiger partial charge on any atom is 0.234 e. The predicted octanol–water partition coefficient (Wildman–Crippen LogP) is 0.709. The molecule has 0 aliphatic carbocycles. The number of unbranched alkanes of at least 4 members (excludes halogenated alkanes) is 2. The van der Waals surface area contributed by atoms with Gasteiger partial charge in [0.2, 0.25) is 5.91 Å². The highest BCUT2D eigenvalue weighted by molar-refractivity contribution is 7.95. The second kappa shape index (κ2) is 7.84. The summed E-state index contributed by atoms with van der Waals surface area (Å²) in [6, 6.07) is 0. The largest absolute Gasteiger partial charge is 0.281 e. The maximum absolute atomic E-state index is 10.8. The van der Waals surface area contributed by atoms with E-state index in [1.165, 1.54) is 0 Å². The summed E-state index contributed by atoms with van der Waals surface area (Å²) in [7, 11) is 0. The van der Waals surface area contributed by atoms with Crippen LogP contribution in [0, 0.1) is 0 Å². The molecule has 0 aromatic heterocycles. The minimum atomic E-state index is -0.00333. The van der Waals surface area contributed by atoms with Crippen LogP contribution in [0.25, 0.3) is 0 Å². The molecule has 0 saturated heterocycles. The Bertz CT molecular complexity index is 110. The Kier molecular flexibility index (Phi) is 7.66. The van der Waals surface area contributed by atoms with E-state index in [9.17, 15) is 4.79 Å². The number of nitrogens with one attached hydrogen (secondary N) is 2. The van der Waals surface area contributed by atoms with E-state index in [4.69, 9.17) is 5.14 Å². The summed E-state index contributed by atoms with van der Waals surface area (Å²) in [5, 5.41) is 5.02. The van der Waals surface area contributed by atoms with Gasteiger partial charge in [0.25, 0.3) is 0 Å². The van der Waals surface area contributed by atoms with Crippen LogP contribution >= 0.6 is 12.1 Å². The van der Waals surface area contributed by atoms with E-state index in [0.717, 1.165) is 31.4 Å². The monoisotopic (exact) mass is 177 g/mol. The molecular formula is C6H15N3OS. The molecule has 5 heteroatoms. The van der Waals surface area contributed by atoms with Crippen LogP contribution < -0.4 is 15.4 Å². The van der Waals surface area contributed by atoms with Crippen molar-refractivity contribution in [1.29, 1.82) is 0 Å². The minimum absolute atomic E-state index is 0.00333. The SMILES string of the molecule is CCCCCC(=O)NNSN. The second-order valence-corrected chi connectivity index (χ2v) is 2.67. The van der Waals surface area contributed by atoms with Gasteiger partial charge >= 0.3 is 0 Å². The van der Waals surface area contributed by atoms with Gasteiger partial charge in [-0.15, -0.1) is 0 Å². The summed E-state index contributed by atoms with van der Waals surface area (Å²) in [4.78, 5) is 13.3. The maximum atomic E-state index is 10.8. The zero-order valence-electron chi connectivity index (χ0n) is 6.72. The molecule has 0 fully saturated rings. The lowest BCUT2D eigenvalue weighted by Gasteiger charge is -2.02. The molecule has 0 heterocycles. The van der Waals surface area contributed by atoms with Gasteiger partial charge in [0.1, 0.15) is 0 Å². The Balaban J connectivity index is 3.09. The van der Waals surface area contributed by atoms with E-state index >= 15 is 0 Å². The third-order valence-electron chi connectivity index (χ3n) is 1.26. The van der Waals surface area contributed by atoms with Crippen LogP contribution in [0.3, 0.4) is 0 Å². The molecule has 0 aromatic rings. The number of hydrazine groups is 1. The first-order valence-corrected chi connectivity index (χ1v) is 4.58. The summed E-state index contributed by atoms with van der Waals surface area (Å²) in [6.07, 6.45) is 3.75. The van der Waals surface area contributed by atoms with E-state index in [0.29, 0.717) is 6.42 Å². The number of rotatable bonds is 6. The van der Waals surface area contributed by atoms with Crippen molar-refractivity contribution in [2.45, 2.75) is 32.6 Å². The molecule has 0 spiro atoms. The van der Waals surface area contributed by atoms with Gasteiger partial charge in [0, 0.05) is 18.6 Å². The van der Waals surface area contributed by atoms with Crippen molar-refractivity contribution in [2.24, 2.45) is 5.14 Å². The van der Waals surface area contributed by atoms with Crippen LogP contribution in [0.2, 0.25) is 0 Å². The molecule has 66 valence electrons. The first-order chi connectivity index (χ1) is 5.31. The normalized spacial score (nSPS) is 9.64. The van der Waals surface area contributed by atoms with Gasteiger partial charge in [-0.3, -0.25) is 15.4 Å². The Morgan fingerprint density at radius 1 is 1.55 bits per heavy atom. The molecule has 11 heavy (non-hydrogen) atoms. The number of nitrogens with two attached hydrogens (primary N) is 1. The van der Waals surface area contributed by atoms with Crippen LogP contribution in [-0.2, 0) is 4.79 Å². The van der Waals surface area contributed by atoms with Crippen LogP contribution in [0.5, 0.6) is 0 Å². The average Bonchev–Trinajstić information content (AvgIpc) is 2.01. The van der Waals surface area contributed by atoms with Crippen molar-refractivity contribution >= 4 is 18.0 Å². The van der Waals surface area contributed by atoms with Gasteiger partial charge in [0.15, 0.2) is 0 Å². The number of carbonyl (C=O) groups excluding carboxylic acids is 1. The molecule has 0 aromatic carbocycles. The minimum Gasteiger partial charge on any atom is -0.281 e. The van der Waals surface area contributed by atoms with Gasteiger partial charge in [-0.25, -0.2) is 0 Å². The van der Waals surface area contributed by atoms with Crippen molar-refractivity contribution in [2.75, 3.05) is 0 Å². The molecule has 4 nitrogen and oxygen atoms in total. The average molecular weight is 177 g/mol. The van der Waals surface area contributed by atoms with Crippen molar-refractivity contribution in [3.63, 3.8) is 0 Å². The molecule has 0 atom stereocenters. The van der Waals surface area contributed by atoms with Gasteiger partial charge in [0.05, 0.1) is 0 Å². The number of amides is 1.